The van der Waals surface area contributed by atoms with Crippen LogP contribution in [0.5, 0.6) is 0 Å². The summed E-state index contributed by atoms with van der Waals surface area (Å²) in [4.78, 5) is 0. The van der Waals surface area contributed by atoms with E-state index < -0.39 is 0 Å². The van der Waals surface area contributed by atoms with Crippen molar-refractivity contribution in [1.29, 1.82) is 0 Å². The summed E-state index contributed by atoms with van der Waals surface area (Å²) in [5, 5.41) is 7.98. The zero-order chi connectivity index (χ0) is 12.3. The molecular formula is C12H16ClN3O. The highest BCUT2D eigenvalue weighted by Crippen LogP contribution is 2.28. The molecule has 2 heterocycles. The fourth-order valence-electron chi connectivity index (χ4n) is 1.96. The predicted octanol–water partition coefficient (Wildman–Crippen LogP) is 2.85. The molecule has 2 aromatic rings. The molecule has 0 radical (unpaired) electrons. The lowest BCUT2D eigenvalue weighted by Gasteiger charge is -2.16. The Morgan fingerprint density at radius 1 is 1.53 bits per heavy atom. The van der Waals surface area contributed by atoms with Crippen molar-refractivity contribution >= 4 is 11.6 Å². The van der Waals surface area contributed by atoms with E-state index in [0.29, 0.717) is 5.22 Å². The van der Waals surface area contributed by atoms with Crippen molar-refractivity contribution in [3.63, 3.8) is 0 Å². The molecule has 0 aliphatic carbocycles. The van der Waals surface area contributed by atoms with Gasteiger partial charge in [0, 0.05) is 18.3 Å². The monoisotopic (exact) mass is 253 g/mol. The van der Waals surface area contributed by atoms with Crippen molar-refractivity contribution in [2.24, 2.45) is 0 Å². The SMILES string of the molecule is CCCn1nccc1C(NC)c1ccoc1Cl. The Hall–Kier alpha value is -1.26. The van der Waals surface area contributed by atoms with Crippen molar-refractivity contribution in [2.45, 2.75) is 25.9 Å². The van der Waals surface area contributed by atoms with Crippen LogP contribution in [0, 0.1) is 0 Å². The van der Waals surface area contributed by atoms with E-state index in [-0.39, 0.29) is 6.04 Å². The molecule has 0 amide bonds. The van der Waals surface area contributed by atoms with Crippen LogP contribution in [-0.4, -0.2) is 16.8 Å². The summed E-state index contributed by atoms with van der Waals surface area (Å²) in [7, 11) is 1.90. The van der Waals surface area contributed by atoms with E-state index in [2.05, 4.69) is 17.3 Å². The summed E-state index contributed by atoms with van der Waals surface area (Å²) in [6, 6.07) is 3.89. The van der Waals surface area contributed by atoms with Crippen LogP contribution >= 0.6 is 11.6 Å². The Morgan fingerprint density at radius 3 is 2.94 bits per heavy atom. The van der Waals surface area contributed by atoms with E-state index in [9.17, 15) is 0 Å². The number of halogens is 1. The van der Waals surface area contributed by atoms with Gasteiger partial charge in [0.25, 0.3) is 0 Å². The molecule has 0 spiro atoms. The maximum Gasteiger partial charge on any atom is 0.198 e. The molecule has 0 aliphatic heterocycles. The van der Waals surface area contributed by atoms with Gasteiger partial charge in [-0.25, -0.2) is 0 Å². The molecule has 0 fully saturated rings. The third-order valence-electron chi connectivity index (χ3n) is 2.73. The topological polar surface area (TPSA) is 43.0 Å². The largest absolute Gasteiger partial charge is 0.453 e. The van der Waals surface area contributed by atoms with E-state index in [1.165, 1.54) is 0 Å². The summed E-state index contributed by atoms with van der Waals surface area (Å²) in [6.07, 6.45) is 4.45. The Labute approximate surface area is 106 Å². The standard InChI is InChI=1S/C12H16ClN3O/c1-3-7-16-10(4-6-15-16)11(14-2)9-5-8-17-12(9)13/h4-6,8,11,14H,3,7H2,1-2H3. The van der Waals surface area contributed by atoms with Crippen molar-refractivity contribution < 1.29 is 4.42 Å². The van der Waals surface area contributed by atoms with Gasteiger partial charge < -0.3 is 9.73 Å². The number of hydrogen-bond donors (Lipinski definition) is 1. The van der Waals surface area contributed by atoms with Gasteiger partial charge >= 0.3 is 0 Å². The Morgan fingerprint density at radius 2 is 2.35 bits per heavy atom. The number of hydrogen-bond acceptors (Lipinski definition) is 3. The third-order valence-corrected chi connectivity index (χ3v) is 3.03. The number of nitrogens with one attached hydrogen (secondary N) is 1. The maximum absolute atomic E-state index is 6.02. The Balaban J connectivity index is 2.35. The van der Waals surface area contributed by atoms with E-state index in [1.54, 1.807) is 6.26 Å². The Bertz CT molecular complexity index is 478. The van der Waals surface area contributed by atoms with Gasteiger partial charge in [-0.3, -0.25) is 4.68 Å². The number of furan rings is 1. The fourth-order valence-corrected chi connectivity index (χ4v) is 2.18. The first-order valence-electron chi connectivity index (χ1n) is 5.69. The summed E-state index contributed by atoms with van der Waals surface area (Å²) in [6.45, 7) is 3.03. The second kappa shape index (κ2) is 5.38. The smallest absolute Gasteiger partial charge is 0.198 e. The van der Waals surface area contributed by atoms with Gasteiger partial charge in [0.15, 0.2) is 5.22 Å². The summed E-state index contributed by atoms with van der Waals surface area (Å²) < 4.78 is 7.13. The van der Waals surface area contributed by atoms with Gasteiger partial charge in [-0.1, -0.05) is 6.92 Å². The van der Waals surface area contributed by atoms with Crippen molar-refractivity contribution in [1.82, 2.24) is 15.1 Å². The van der Waals surface area contributed by atoms with Crippen LogP contribution in [0.3, 0.4) is 0 Å². The van der Waals surface area contributed by atoms with Crippen molar-refractivity contribution in [2.75, 3.05) is 7.05 Å². The zero-order valence-electron chi connectivity index (χ0n) is 9.98. The second-order valence-corrected chi connectivity index (χ2v) is 4.19. The molecular weight excluding hydrogens is 238 g/mol. The number of nitrogens with zero attached hydrogens (tertiary/aromatic N) is 2. The minimum absolute atomic E-state index is 0.00954. The molecule has 0 bridgehead atoms. The summed E-state index contributed by atoms with van der Waals surface area (Å²) in [5.41, 5.74) is 2.03. The Kier molecular flexibility index (Phi) is 3.86. The maximum atomic E-state index is 6.02. The fraction of sp³-hybridized carbons (Fsp3) is 0.417. The molecule has 4 nitrogen and oxygen atoms in total. The number of aromatic nitrogens is 2. The predicted molar refractivity (Wildman–Crippen MR) is 67.1 cm³/mol. The molecule has 5 heteroatoms. The molecule has 1 unspecified atom stereocenters. The third kappa shape index (κ3) is 2.37. The van der Waals surface area contributed by atoms with Gasteiger partial charge in [-0.05, 0) is 37.2 Å². The molecule has 1 atom stereocenters. The molecule has 1 N–H and O–H groups in total. The number of rotatable bonds is 5. The lowest BCUT2D eigenvalue weighted by atomic mass is 10.1. The highest BCUT2D eigenvalue weighted by atomic mass is 35.5. The van der Waals surface area contributed by atoms with E-state index >= 15 is 0 Å². The van der Waals surface area contributed by atoms with Crippen LogP contribution in [-0.2, 0) is 6.54 Å². The minimum atomic E-state index is 0.00954. The van der Waals surface area contributed by atoms with Gasteiger partial charge in [-0.15, -0.1) is 0 Å². The quantitative estimate of drug-likeness (QED) is 0.891. The first-order chi connectivity index (χ1) is 8.27. The number of aryl methyl sites for hydroxylation is 1. The lowest BCUT2D eigenvalue weighted by Crippen LogP contribution is -2.21. The van der Waals surface area contributed by atoms with Crippen LogP contribution in [0.15, 0.2) is 29.0 Å². The molecule has 17 heavy (non-hydrogen) atoms. The van der Waals surface area contributed by atoms with E-state index in [4.69, 9.17) is 16.0 Å². The second-order valence-electron chi connectivity index (χ2n) is 3.85. The molecule has 0 aromatic carbocycles. The van der Waals surface area contributed by atoms with Crippen LogP contribution in [0.2, 0.25) is 5.22 Å². The first kappa shape index (κ1) is 12.2. The van der Waals surface area contributed by atoms with E-state index in [1.807, 2.05) is 30.1 Å². The van der Waals surface area contributed by atoms with Gasteiger partial charge in [0.05, 0.1) is 18.0 Å². The average Bonchev–Trinajstić information content (AvgIpc) is 2.92. The van der Waals surface area contributed by atoms with Gasteiger partial charge in [0.1, 0.15) is 0 Å². The van der Waals surface area contributed by atoms with Crippen LogP contribution in [0.1, 0.15) is 30.6 Å². The van der Waals surface area contributed by atoms with Crippen molar-refractivity contribution in [3.8, 4) is 0 Å². The summed E-state index contributed by atoms with van der Waals surface area (Å²) in [5.74, 6) is 0. The molecule has 2 rings (SSSR count). The highest BCUT2D eigenvalue weighted by molar-refractivity contribution is 6.29. The van der Waals surface area contributed by atoms with Crippen molar-refractivity contribution in [3.05, 3.63) is 41.1 Å². The highest BCUT2D eigenvalue weighted by Gasteiger charge is 2.20. The first-order valence-corrected chi connectivity index (χ1v) is 6.07. The molecule has 0 saturated carbocycles. The molecule has 0 saturated heterocycles. The van der Waals surface area contributed by atoms with Gasteiger partial charge in [-0.2, -0.15) is 5.10 Å². The minimum Gasteiger partial charge on any atom is -0.453 e. The zero-order valence-corrected chi connectivity index (χ0v) is 10.7. The average molecular weight is 254 g/mol. The summed E-state index contributed by atoms with van der Waals surface area (Å²) >= 11 is 6.02. The molecule has 2 aromatic heterocycles. The van der Waals surface area contributed by atoms with Crippen LogP contribution in [0.25, 0.3) is 0 Å². The van der Waals surface area contributed by atoms with E-state index in [0.717, 1.165) is 24.2 Å². The lowest BCUT2D eigenvalue weighted by molar-refractivity contribution is 0.525. The van der Waals surface area contributed by atoms with Crippen LogP contribution < -0.4 is 5.32 Å². The normalized spacial score (nSPS) is 12.9. The molecule has 92 valence electrons. The molecule has 0 aliphatic rings. The van der Waals surface area contributed by atoms with Crippen LogP contribution in [0.4, 0.5) is 0 Å². The van der Waals surface area contributed by atoms with Gasteiger partial charge in [0.2, 0.25) is 0 Å².